The number of hydrogen-bond acceptors (Lipinski definition) is 3. The molecule has 0 aliphatic carbocycles. The number of aromatic nitrogens is 3. The van der Waals surface area contributed by atoms with E-state index in [0.717, 1.165) is 82.3 Å². The molecule has 6 heteroatoms. The maximum absolute atomic E-state index is 8.86. The number of ether oxygens (including phenoxy) is 1. The average Bonchev–Trinajstić information content (AvgIpc) is 1.56. The first-order valence-electron chi connectivity index (χ1n) is 30.2. The molecule has 0 spiro atoms. The second-order valence-corrected chi connectivity index (χ2v) is 23.2. The summed E-state index contributed by atoms with van der Waals surface area (Å²) in [4.78, 5) is 6.96. The normalized spacial score (nSPS) is 15.2. The second kappa shape index (κ2) is 18.5. The van der Waals surface area contributed by atoms with E-state index in [-0.39, 0.29) is 37.5 Å². The van der Waals surface area contributed by atoms with Crippen LogP contribution in [0.3, 0.4) is 0 Å². The maximum Gasteiger partial charge on any atom is 0.135 e. The van der Waals surface area contributed by atoms with E-state index in [1.807, 2.05) is 94.3 Å². The van der Waals surface area contributed by atoms with Gasteiger partial charge in [0.15, 0.2) is 0 Å². The fraction of sp³-hybridized carbons (Fsp3) is 0.229. The predicted octanol–water partition coefficient (Wildman–Crippen LogP) is 19.1. The van der Waals surface area contributed by atoms with Gasteiger partial charge in [0, 0.05) is 62.3 Å². The molecule has 0 atom stereocenters. The van der Waals surface area contributed by atoms with Crippen molar-refractivity contribution in [1.29, 1.82) is 0 Å². The quantitative estimate of drug-likeness (QED) is 0.161. The van der Waals surface area contributed by atoms with Crippen LogP contribution in [0.15, 0.2) is 170 Å². The van der Waals surface area contributed by atoms with Crippen LogP contribution in [0.4, 0.5) is 11.4 Å². The minimum Gasteiger partial charge on any atom is -0.509 e. The molecule has 5 nitrogen and oxygen atoms in total. The van der Waals surface area contributed by atoms with Gasteiger partial charge in [0.2, 0.25) is 0 Å². The minimum absolute atomic E-state index is 0. The maximum atomic E-state index is 8.86. The van der Waals surface area contributed by atoms with E-state index in [9.17, 15) is 0 Å². The Morgan fingerprint density at radius 1 is 0.487 bits per heavy atom. The first kappa shape index (κ1) is 40.9. The minimum atomic E-state index is -3.48. The van der Waals surface area contributed by atoms with Gasteiger partial charge in [0.25, 0.3) is 0 Å². The first-order chi connectivity index (χ1) is 39.5. The standard InChI is InChI=1S/C70H65N4O.Pt/c1-67(2,3)45-30-32-55-53-22-13-14-23-54(53)58-27-19-29-62-66(58)73(65-52(25-18-26-59(65)60(55)39-45)44-36-47(69(7,8)9)38-48(37-44)70(10,11)12)43-72(62)49-20-17-21-50(41-49)75-51-31-33-57-56-24-15-16-28-61(56)74(63(57)42-51)64-40-46(34-35-71-64)68(4,5)6;/h13-40,43H,1-12H3;/q-3;/i7D3,8D3,9D3;. The Hall–Kier alpha value is -7.33. The van der Waals surface area contributed by atoms with Crippen molar-refractivity contribution >= 4 is 76.5 Å². The van der Waals surface area contributed by atoms with Gasteiger partial charge >= 0.3 is 0 Å². The van der Waals surface area contributed by atoms with Gasteiger partial charge in [-0.25, -0.2) is 4.98 Å². The molecule has 0 radical (unpaired) electrons. The van der Waals surface area contributed by atoms with Crippen LogP contribution in [0.1, 0.15) is 117 Å². The van der Waals surface area contributed by atoms with Gasteiger partial charge in [-0.1, -0.05) is 203 Å². The van der Waals surface area contributed by atoms with E-state index < -0.39 is 31.4 Å². The molecule has 11 aromatic rings. The third-order valence-corrected chi connectivity index (χ3v) is 14.9. The molecule has 0 N–H and O–H groups in total. The topological polar surface area (TPSA) is 35.2 Å². The number of hydrogen-bond donors (Lipinski definition) is 0. The molecule has 3 aromatic heterocycles. The Balaban J connectivity index is 0.00000752. The Bertz CT molecular complexity index is 4510. The fourth-order valence-corrected chi connectivity index (χ4v) is 10.8. The number of anilines is 2. The van der Waals surface area contributed by atoms with E-state index in [1.165, 1.54) is 12.1 Å². The second-order valence-electron chi connectivity index (χ2n) is 23.2. The number of fused-ring (bicyclic) bond motifs is 10. The van der Waals surface area contributed by atoms with Crippen molar-refractivity contribution in [1.82, 2.24) is 14.1 Å². The molecule has 0 unspecified atom stereocenters. The predicted molar refractivity (Wildman–Crippen MR) is 317 cm³/mol. The van der Waals surface area contributed by atoms with Gasteiger partial charge < -0.3 is 18.8 Å². The largest absolute Gasteiger partial charge is 0.509 e. The van der Waals surface area contributed by atoms with Crippen LogP contribution in [0.2, 0.25) is 0 Å². The summed E-state index contributed by atoms with van der Waals surface area (Å²) in [5.74, 6) is 1.72. The third kappa shape index (κ3) is 8.81. The third-order valence-electron chi connectivity index (χ3n) is 14.9. The van der Waals surface area contributed by atoms with Crippen molar-refractivity contribution < 1.29 is 38.1 Å². The summed E-state index contributed by atoms with van der Waals surface area (Å²) < 4.78 is 90.8. The molecule has 1 aliphatic heterocycles. The molecule has 1 aliphatic rings. The van der Waals surface area contributed by atoms with Crippen LogP contribution >= 0.6 is 0 Å². The van der Waals surface area contributed by atoms with Crippen molar-refractivity contribution in [3.8, 4) is 28.4 Å². The number of benzene rings is 8. The fourth-order valence-electron chi connectivity index (χ4n) is 10.8. The molecule has 0 fully saturated rings. The molecule has 384 valence electrons. The zero-order valence-electron chi connectivity index (χ0n) is 53.3. The van der Waals surface area contributed by atoms with Gasteiger partial charge in [-0.2, -0.15) is 12.1 Å². The van der Waals surface area contributed by atoms with Crippen LogP contribution in [0.25, 0.3) is 82.1 Å². The number of rotatable bonds is 5. The van der Waals surface area contributed by atoms with E-state index >= 15 is 0 Å². The van der Waals surface area contributed by atoms with E-state index in [4.69, 9.17) is 22.1 Å². The smallest absolute Gasteiger partial charge is 0.135 e. The van der Waals surface area contributed by atoms with E-state index in [2.05, 4.69) is 159 Å². The van der Waals surface area contributed by atoms with Crippen LogP contribution in [-0.4, -0.2) is 14.1 Å². The summed E-state index contributed by atoms with van der Waals surface area (Å²) in [5, 5.41) is 7.79. The molecular formula is C70H65N4OPt-3. The molecule has 0 amide bonds. The van der Waals surface area contributed by atoms with Crippen LogP contribution in [0.5, 0.6) is 11.5 Å². The van der Waals surface area contributed by atoms with Crippen LogP contribution in [0, 0.1) is 18.8 Å². The van der Waals surface area contributed by atoms with E-state index in [0.29, 0.717) is 39.4 Å². The number of para-hydroxylation sites is 3. The summed E-state index contributed by atoms with van der Waals surface area (Å²) >= 11 is 0. The molecule has 8 aromatic carbocycles. The van der Waals surface area contributed by atoms with Crippen molar-refractivity contribution in [2.75, 3.05) is 4.90 Å². The van der Waals surface area contributed by atoms with Gasteiger partial charge in [0.1, 0.15) is 5.82 Å². The molecule has 76 heavy (non-hydrogen) atoms. The summed E-state index contributed by atoms with van der Waals surface area (Å²) in [6, 6.07) is 61.7. The van der Waals surface area contributed by atoms with Gasteiger partial charge in [-0.15, -0.1) is 35.7 Å². The summed E-state index contributed by atoms with van der Waals surface area (Å²) in [6.07, 6.45) is 1.86. The zero-order chi connectivity index (χ0) is 59.8. The Labute approximate surface area is 475 Å². The van der Waals surface area contributed by atoms with Crippen molar-refractivity contribution in [2.45, 2.75) is 105 Å². The molecule has 0 saturated heterocycles. The Morgan fingerprint density at radius 2 is 1.08 bits per heavy atom. The molecule has 0 saturated carbocycles. The molecule has 4 heterocycles. The van der Waals surface area contributed by atoms with Crippen molar-refractivity contribution in [3.05, 3.63) is 211 Å². The van der Waals surface area contributed by atoms with Crippen molar-refractivity contribution in [2.24, 2.45) is 0 Å². The molecule has 12 rings (SSSR count). The Morgan fingerprint density at radius 3 is 1.80 bits per heavy atom. The van der Waals surface area contributed by atoms with Gasteiger partial charge in [-0.05, 0) is 135 Å². The molecule has 0 bridgehead atoms. The van der Waals surface area contributed by atoms with Crippen molar-refractivity contribution in [3.63, 3.8) is 0 Å². The van der Waals surface area contributed by atoms with Gasteiger partial charge in [0.05, 0.1) is 0 Å². The zero-order valence-corrected chi connectivity index (χ0v) is 46.5. The average molecular weight is 1180 g/mol. The molecular weight excluding hydrogens is 1110 g/mol. The SMILES string of the molecule is [2H]C([2H])([2H])C(c1cc(-c2cccc3c4cc(C(C)(C)C)ccc4c4ccccc4c4cccc5c4n(c23)[CH-]N5c2[c-]c(Oc3[c-]c4c(cc3)c3ccccc3n4-c3cc(C(C)(C)C)ccn3)ccc2)cc(C(C)(C)C)c1)(C([2H])([2H])[2H])C([2H])([2H])[2H].[Pt]. The van der Waals surface area contributed by atoms with Crippen LogP contribution in [-0.2, 0) is 42.7 Å². The van der Waals surface area contributed by atoms with Crippen LogP contribution < -0.4 is 9.64 Å². The number of nitrogens with zero attached hydrogens (tertiary/aromatic N) is 4. The Kier molecular flexibility index (Phi) is 9.93. The number of pyridine rings is 1. The summed E-state index contributed by atoms with van der Waals surface area (Å²) in [5.41, 5.74) is 4.18. The summed E-state index contributed by atoms with van der Waals surface area (Å²) in [6.45, 7) is 10.6. The first-order valence-corrected chi connectivity index (χ1v) is 25.7. The van der Waals surface area contributed by atoms with E-state index in [1.54, 1.807) is 0 Å². The monoisotopic (exact) mass is 1180 g/mol. The summed E-state index contributed by atoms with van der Waals surface area (Å²) in [7, 11) is 0. The van der Waals surface area contributed by atoms with Gasteiger partial charge in [-0.3, -0.25) is 0 Å².